The van der Waals surface area contributed by atoms with Gasteiger partial charge in [-0.2, -0.15) is 4.37 Å². The molecule has 7 heteroatoms. The predicted molar refractivity (Wildman–Crippen MR) is 130 cm³/mol. The van der Waals surface area contributed by atoms with Crippen molar-refractivity contribution in [1.29, 1.82) is 0 Å². The number of carbonyl (C=O) groups is 1. The standard InChI is InChI=1S/C25H22N4O2S/c30-25(27-13-12-26-24-20-8-4-5-9-23(20)32-29-24)22-15-18-14-19(10-11-21(18)28-22)31-16-17-6-2-1-3-7-17/h1-11,14-15,28H,12-13,16H2,(H,26,29)(H,27,30). The number of H-pyrrole nitrogens is 1. The van der Waals surface area contributed by atoms with Crippen molar-refractivity contribution < 1.29 is 9.53 Å². The zero-order chi connectivity index (χ0) is 21.8. The molecule has 3 aromatic carbocycles. The number of anilines is 1. The van der Waals surface area contributed by atoms with Gasteiger partial charge in [0.15, 0.2) is 0 Å². The molecule has 0 bridgehead atoms. The lowest BCUT2D eigenvalue weighted by Crippen LogP contribution is -2.29. The highest BCUT2D eigenvalue weighted by Crippen LogP contribution is 2.26. The summed E-state index contributed by atoms with van der Waals surface area (Å²) in [6.07, 6.45) is 0. The van der Waals surface area contributed by atoms with E-state index < -0.39 is 0 Å². The quantitative estimate of drug-likeness (QED) is 0.289. The van der Waals surface area contributed by atoms with Crippen molar-refractivity contribution in [3.63, 3.8) is 0 Å². The number of carbonyl (C=O) groups excluding carboxylic acids is 1. The summed E-state index contributed by atoms with van der Waals surface area (Å²) in [4.78, 5) is 15.7. The van der Waals surface area contributed by atoms with Crippen molar-refractivity contribution in [3.05, 3.63) is 90.1 Å². The van der Waals surface area contributed by atoms with E-state index in [0.29, 0.717) is 25.4 Å². The van der Waals surface area contributed by atoms with Crippen LogP contribution in [0.15, 0.2) is 78.9 Å². The van der Waals surface area contributed by atoms with Gasteiger partial charge >= 0.3 is 0 Å². The second kappa shape index (κ2) is 9.11. The molecule has 2 aromatic heterocycles. The summed E-state index contributed by atoms with van der Waals surface area (Å²) in [6, 6.07) is 25.8. The minimum Gasteiger partial charge on any atom is -0.489 e. The molecule has 5 rings (SSSR count). The molecule has 5 aromatic rings. The summed E-state index contributed by atoms with van der Waals surface area (Å²) >= 11 is 1.47. The van der Waals surface area contributed by atoms with E-state index in [0.717, 1.165) is 38.1 Å². The molecular formula is C25H22N4O2S. The van der Waals surface area contributed by atoms with E-state index in [1.807, 2.05) is 78.9 Å². The van der Waals surface area contributed by atoms with Gasteiger partial charge in [-0.05, 0) is 53.5 Å². The maximum Gasteiger partial charge on any atom is 0.267 e. The van der Waals surface area contributed by atoms with Crippen molar-refractivity contribution >= 4 is 44.2 Å². The maximum absolute atomic E-state index is 12.6. The van der Waals surface area contributed by atoms with E-state index >= 15 is 0 Å². The lowest BCUT2D eigenvalue weighted by atomic mass is 10.2. The molecule has 0 saturated heterocycles. The van der Waals surface area contributed by atoms with Gasteiger partial charge in [0.1, 0.15) is 23.9 Å². The molecule has 0 aliphatic rings. The van der Waals surface area contributed by atoms with Gasteiger partial charge in [-0.25, -0.2) is 0 Å². The van der Waals surface area contributed by atoms with Crippen LogP contribution in [0.5, 0.6) is 5.75 Å². The number of hydrogen-bond donors (Lipinski definition) is 3. The van der Waals surface area contributed by atoms with E-state index in [2.05, 4.69) is 20.0 Å². The van der Waals surface area contributed by atoms with Crippen LogP contribution in [0.25, 0.3) is 21.0 Å². The highest BCUT2D eigenvalue weighted by atomic mass is 32.1. The zero-order valence-corrected chi connectivity index (χ0v) is 18.1. The Hall–Kier alpha value is -3.84. The van der Waals surface area contributed by atoms with Crippen LogP contribution in [-0.4, -0.2) is 28.4 Å². The molecule has 0 fully saturated rings. The number of nitrogens with zero attached hydrogens (tertiary/aromatic N) is 1. The summed E-state index contributed by atoms with van der Waals surface area (Å²) in [5, 5.41) is 8.28. The highest BCUT2D eigenvalue weighted by molar-refractivity contribution is 7.13. The molecule has 3 N–H and O–H groups in total. The monoisotopic (exact) mass is 442 g/mol. The highest BCUT2D eigenvalue weighted by Gasteiger charge is 2.10. The van der Waals surface area contributed by atoms with E-state index in [-0.39, 0.29) is 5.91 Å². The van der Waals surface area contributed by atoms with Crippen LogP contribution in [0.3, 0.4) is 0 Å². The Labute approximate surface area is 189 Å². The minimum absolute atomic E-state index is 0.141. The topological polar surface area (TPSA) is 79.0 Å². The number of nitrogens with one attached hydrogen (secondary N) is 3. The van der Waals surface area contributed by atoms with E-state index in [9.17, 15) is 4.79 Å². The van der Waals surface area contributed by atoms with Gasteiger partial charge in [0.25, 0.3) is 5.91 Å². The van der Waals surface area contributed by atoms with Crippen molar-refractivity contribution in [2.45, 2.75) is 6.61 Å². The van der Waals surface area contributed by atoms with Crippen LogP contribution in [0.4, 0.5) is 5.82 Å². The number of fused-ring (bicyclic) bond motifs is 2. The average molecular weight is 443 g/mol. The van der Waals surface area contributed by atoms with Crippen LogP contribution in [0.1, 0.15) is 16.1 Å². The normalized spacial score (nSPS) is 11.0. The van der Waals surface area contributed by atoms with Gasteiger partial charge in [0.2, 0.25) is 0 Å². The Kier molecular flexibility index (Phi) is 5.72. The van der Waals surface area contributed by atoms with Crippen LogP contribution in [0, 0.1) is 0 Å². The number of aromatic nitrogens is 2. The summed E-state index contributed by atoms with van der Waals surface area (Å²) < 4.78 is 11.5. The summed E-state index contributed by atoms with van der Waals surface area (Å²) in [5.74, 6) is 1.48. The number of ether oxygens (including phenoxy) is 1. The first-order chi connectivity index (χ1) is 15.8. The molecule has 0 aliphatic heterocycles. The van der Waals surface area contributed by atoms with Gasteiger partial charge in [0.05, 0.1) is 4.70 Å². The Bertz CT molecular complexity index is 1360. The predicted octanol–water partition coefficient (Wildman–Crippen LogP) is 5.20. The van der Waals surface area contributed by atoms with Crippen LogP contribution in [0.2, 0.25) is 0 Å². The third-order valence-corrected chi connectivity index (χ3v) is 5.99. The lowest BCUT2D eigenvalue weighted by Gasteiger charge is -2.06. The van der Waals surface area contributed by atoms with Crippen molar-refractivity contribution in [2.75, 3.05) is 18.4 Å². The summed E-state index contributed by atoms with van der Waals surface area (Å²) in [6.45, 7) is 1.59. The third kappa shape index (κ3) is 4.43. The number of hydrogen-bond acceptors (Lipinski definition) is 5. The lowest BCUT2D eigenvalue weighted by molar-refractivity contribution is 0.0951. The van der Waals surface area contributed by atoms with Crippen molar-refractivity contribution in [2.24, 2.45) is 0 Å². The molecule has 32 heavy (non-hydrogen) atoms. The Morgan fingerprint density at radius 2 is 1.81 bits per heavy atom. The van der Waals surface area contributed by atoms with Crippen LogP contribution in [-0.2, 0) is 6.61 Å². The molecule has 160 valence electrons. The minimum atomic E-state index is -0.141. The molecule has 0 unspecified atom stereocenters. The Balaban J connectivity index is 1.16. The van der Waals surface area contributed by atoms with Gasteiger partial charge in [-0.1, -0.05) is 42.5 Å². The Morgan fingerprint density at radius 3 is 2.72 bits per heavy atom. The molecular weight excluding hydrogens is 420 g/mol. The van der Waals surface area contributed by atoms with Gasteiger partial charge in [-0.3, -0.25) is 4.79 Å². The largest absolute Gasteiger partial charge is 0.489 e. The van der Waals surface area contributed by atoms with Gasteiger partial charge in [0, 0.05) is 29.4 Å². The van der Waals surface area contributed by atoms with Crippen LogP contribution >= 0.6 is 11.5 Å². The van der Waals surface area contributed by atoms with Crippen molar-refractivity contribution in [1.82, 2.24) is 14.7 Å². The fourth-order valence-corrected chi connectivity index (χ4v) is 4.28. The first-order valence-electron chi connectivity index (χ1n) is 10.4. The second-order valence-corrected chi connectivity index (χ2v) is 8.22. The molecule has 1 amide bonds. The van der Waals surface area contributed by atoms with E-state index in [4.69, 9.17) is 4.74 Å². The van der Waals surface area contributed by atoms with E-state index in [1.54, 1.807) is 0 Å². The summed E-state index contributed by atoms with van der Waals surface area (Å²) in [5.41, 5.74) is 2.54. The summed E-state index contributed by atoms with van der Waals surface area (Å²) in [7, 11) is 0. The van der Waals surface area contributed by atoms with Crippen LogP contribution < -0.4 is 15.4 Å². The van der Waals surface area contributed by atoms with Gasteiger partial charge in [-0.15, -0.1) is 0 Å². The molecule has 0 aliphatic carbocycles. The zero-order valence-electron chi connectivity index (χ0n) is 17.3. The molecule has 0 saturated carbocycles. The third-order valence-electron chi connectivity index (χ3n) is 5.17. The smallest absolute Gasteiger partial charge is 0.267 e. The Morgan fingerprint density at radius 1 is 0.969 bits per heavy atom. The molecule has 2 heterocycles. The first-order valence-corrected chi connectivity index (χ1v) is 11.2. The SMILES string of the molecule is O=C(NCCNc1nsc2ccccc12)c1cc2cc(OCc3ccccc3)ccc2[nH]1. The number of benzene rings is 3. The molecule has 0 radical (unpaired) electrons. The molecule has 6 nitrogen and oxygen atoms in total. The molecule has 0 atom stereocenters. The number of aromatic amines is 1. The van der Waals surface area contributed by atoms with Crippen molar-refractivity contribution in [3.8, 4) is 5.75 Å². The fourth-order valence-electron chi connectivity index (χ4n) is 3.53. The first kappa shape index (κ1) is 20.1. The maximum atomic E-state index is 12.6. The second-order valence-electron chi connectivity index (χ2n) is 7.42. The number of amides is 1. The van der Waals surface area contributed by atoms with Gasteiger partial charge < -0.3 is 20.4 Å². The molecule has 0 spiro atoms. The average Bonchev–Trinajstić information content (AvgIpc) is 3.45. The van der Waals surface area contributed by atoms with E-state index in [1.165, 1.54) is 11.5 Å². The fraction of sp³-hybridized carbons (Fsp3) is 0.120. The number of rotatable bonds is 8.